The minimum absolute atomic E-state index is 0.0100. The highest BCUT2D eigenvalue weighted by atomic mass is 79.9. The lowest BCUT2D eigenvalue weighted by Crippen LogP contribution is -2.10. The van der Waals surface area contributed by atoms with Gasteiger partial charge in [0, 0.05) is 11.0 Å². The Bertz CT molecular complexity index is 317. The van der Waals surface area contributed by atoms with E-state index in [1.807, 2.05) is 0 Å². The summed E-state index contributed by atoms with van der Waals surface area (Å²) in [6, 6.07) is 3.32. The zero-order valence-corrected chi connectivity index (χ0v) is 9.37. The summed E-state index contributed by atoms with van der Waals surface area (Å²) in [5.41, 5.74) is 5.29. The number of ether oxygens (including phenoxy) is 2. The van der Waals surface area contributed by atoms with Crippen LogP contribution in [0.3, 0.4) is 0 Å². The van der Waals surface area contributed by atoms with Crippen molar-refractivity contribution < 1.29 is 14.6 Å². The molecule has 0 spiro atoms. The van der Waals surface area contributed by atoms with E-state index in [2.05, 4.69) is 15.9 Å². The summed E-state index contributed by atoms with van der Waals surface area (Å²) in [7, 11) is 1.48. The number of hydrogen-bond acceptors (Lipinski definition) is 4. The van der Waals surface area contributed by atoms with Crippen molar-refractivity contribution in [1.82, 2.24) is 0 Å². The second-order valence-corrected chi connectivity index (χ2v) is 3.51. The van der Waals surface area contributed by atoms with Crippen molar-refractivity contribution in [3.8, 4) is 17.2 Å². The molecule has 3 N–H and O–H groups in total. The monoisotopic (exact) mass is 261 g/mol. The number of halogens is 1. The van der Waals surface area contributed by atoms with Crippen molar-refractivity contribution >= 4 is 15.9 Å². The first kappa shape index (κ1) is 11.1. The Morgan fingerprint density at radius 1 is 1.43 bits per heavy atom. The van der Waals surface area contributed by atoms with Gasteiger partial charge >= 0.3 is 0 Å². The first-order valence-corrected chi connectivity index (χ1v) is 4.87. The molecule has 0 fully saturated rings. The molecule has 0 aliphatic rings. The van der Waals surface area contributed by atoms with Gasteiger partial charge in [0.1, 0.15) is 6.61 Å². The Morgan fingerprint density at radius 2 is 2.07 bits per heavy atom. The summed E-state index contributed by atoms with van der Waals surface area (Å²) in [6.07, 6.45) is 0. The molecule has 1 aromatic carbocycles. The lowest BCUT2D eigenvalue weighted by Gasteiger charge is -2.10. The molecular weight excluding hydrogens is 250 g/mol. The predicted molar refractivity (Wildman–Crippen MR) is 56.9 cm³/mol. The summed E-state index contributed by atoms with van der Waals surface area (Å²) in [5.74, 6) is 0.720. The highest BCUT2D eigenvalue weighted by Gasteiger charge is 2.10. The molecule has 0 heterocycles. The summed E-state index contributed by atoms with van der Waals surface area (Å²) in [6.45, 7) is 0.751. The van der Waals surface area contributed by atoms with Gasteiger partial charge in [-0.25, -0.2) is 0 Å². The Kier molecular flexibility index (Phi) is 4.03. The standard InChI is InChI=1S/C9H12BrNO3/c1-13-7-4-6(10)5-8(9(7)12)14-3-2-11/h4-5,12H,2-3,11H2,1H3. The minimum atomic E-state index is -0.0100. The zero-order chi connectivity index (χ0) is 10.6. The SMILES string of the molecule is COc1cc(Br)cc(OCCN)c1O. The second kappa shape index (κ2) is 5.07. The number of rotatable bonds is 4. The molecule has 0 aliphatic heterocycles. The summed E-state index contributed by atoms with van der Waals surface area (Å²) >= 11 is 3.28. The van der Waals surface area contributed by atoms with Crippen LogP contribution in [0.5, 0.6) is 17.2 Å². The van der Waals surface area contributed by atoms with E-state index in [0.29, 0.717) is 24.7 Å². The molecule has 0 amide bonds. The fraction of sp³-hybridized carbons (Fsp3) is 0.333. The molecule has 1 aromatic rings. The molecule has 0 aliphatic carbocycles. The van der Waals surface area contributed by atoms with Crippen molar-refractivity contribution in [1.29, 1.82) is 0 Å². The fourth-order valence-electron chi connectivity index (χ4n) is 0.985. The van der Waals surface area contributed by atoms with Gasteiger partial charge in [-0.2, -0.15) is 0 Å². The van der Waals surface area contributed by atoms with Gasteiger partial charge in [-0.3, -0.25) is 0 Å². The number of methoxy groups -OCH3 is 1. The van der Waals surface area contributed by atoms with E-state index in [0.717, 1.165) is 4.47 Å². The molecule has 0 unspecified atom stereocenters. The van der Waals surface area contributed by atoms with E-state index in [1.54, 1.807) is 12.1 Å². The molecule has 0 saturated heterocycles. The number of nitrogens with two attached hydrogens (primary N) is 1. The van der Waals surface area contributed by atoms with E-state index in [9.17, 15) is 5.11 Å². The van der Waals surface area contributed by atoms with Crippen LogP contribution in [0.1, 0.15) is 0 Å². The van der Waals surface area contributed by atoms with Gasteiger partial charge in [0.15, 0.2) is 11.5 Å². The van der Waals surface area contributed by atoms with Crippen LogP contribution in [0.4, 0.5) is 0 Å². The average Bonchev–Trinajstić information content (AvgIpc) is 2.18. The van der Waals surface area contributed by atoms with Crippen LogP contribution in [0.25, 0.3) is 0 Å². The van der Waals surface area contributed by atoms with E-state index in [1.165, 1.54) is 7.11 Å². The van der Waals surface area contributed by atoms with E-state index >= 15 is 0 Å². The number of aromatic hydroxyl groups is 1. The first-order chi connectivity index (χ1) is 6.69. The summed E-state index contributed by atoms with van der Waals surface area (Å²) < 4.78 is 11.0. The van der Waals surface area contributed by atoms with E-state index in [-0.39, 0.29) is 5.75 Å². The first-order valence-electron chi connectivity index (χ1n) is 4.08. The van der Waals surface area contributed by atoms with Crippen molar-refractivity contribution in [3.63, 3.8) is 0 Å². The van der Waals surface area contributed by atoms with Crippen LogP contribution in [0, 0.1) is 0 Å². The third kappa shape index (κ3) is 2.52. The van der Waals surface area contributed by atoms with Crippen molar-refractivity contribution in [2.45, 2.75) is 0 Å². The molecule has 0 aromatic heterocycles. The van der Waals surface area contributed by atoms with E-state index in [4.69, 9.17) is 15.2 Å². The van der Waals surface area contributed by atoms with Gasteiger partial charge in [-0.05, 0) is 12.1 Å². The van der Waals surface area contributed by atoms with Crippen LogP contribution >= 0.6 is 15.9 Å². The molecule has 78 valence electrons. The Balaban J connectivity index is 2.96. The van der Waals surface area contributed by atoms with Gasteiger partial charge in [0.25, 0.3) is 0 Å². The quantitative estimate of drug-likeness (QED) is 0.863. The van der Waals surface area contributed by atoms with Gasteiger partial charge in [-0.1, -0.05) is 15.9 Å². The number of phenolic OH excluding ortho intramolecular Hbond substituents is 1. The van der Waals surface area contributed by atoms with E-state index < -0.39 is 0 Å². The van der Waals surface area contributed by atoms with Gasteiger partial charge in [0.05, 0.1) is 7.11 Å². The number of hydrogen-bond donors (Lipinski definition) is 2. The van der Waals surface area contributed by atoms with Crippen LogP contribution in [-0.2, 0) is 0 Å². The molecule has 0 radical (unpaired) electrons. The maximum atomic E-state index is 9.63. The maximum Gasteiger partial charge on any atom is 0.200 e. The lowest BCUT2D eigenvalue weighted by molar-refractivity contribution is 0.297. The Morgan fingerprint density at radius 3 is 2.64 bits per heavy atom. The molecule has 0 bridgehead atoms. The van der Waals surface area contributed by atoms with Crippen LogP contribution in [0.15, 0.2) is 16.6 Å². The smallest absolute Gasteiger partial charge is 0.200 e. The topological polar surface area (TPSA) is 64.7 Å². The molecule has 5 heteroatoms. The minimum Gasteiger partial charge on any atom is -0.502 e. The molecular formula is C9H12BrNO3. The van der Waals surface area contributed by atoms with Crippen molar-refractivity contribution in [2.24, 2.45) is 5.73 Å². The number of phenols is 1. The molecule has 14 heavy (non-hydrogen) atoms. The molecule has 1 rings (SSSR count). The van der Waals surface area contributed by atoms with Gasteiger partial charge < -0.3 is 20.3 Å². The highest BCUT2D eigenvalue weighted by Crippen LogP contribution is 2.38. The average molecular weight is 262 g/mol. The third-order valence-electron chi connectivity index (χ3n) is 1.60. The second-order valence-electron chi connectivity index (χ2n) is 2.59. The molecule has 0 atom stereocenters. The third-order valence-corrected chi connectivity index (χ3v) is 2.06. The normalized spacial score (nSPS) is 9.93. The van der Waals surface area contributed by atoms with Crippen LogP contribution < -0.4 is 15.2 Å². The lowest BCUT2D eigenvalue weighted by atomic mass is 10.3. The van der Waals surface area contributed by atoms with Gasteiger partial charge in [0.2, 0.25) is 5.75 Å². The maximum absolute atomic E-state index is 9.63. The van der Waals surface area contributed by atoms with Gasteiger partial charge in [-0.15, -0.1) is 0 Å². The molecule has 0 saturated carbocycles. The van der Waals surface area contributed by atoms with Crippen LogP contribution in [0.2, 0.25) is 0 Å². The van der Waals surface area contributed by atoms with Crippen molar-refractivity contribution in [2.75, 3.05) is 20.3 Å². The molecule has 4 nitrogen and oxygen atoms in total. The summed E-state index contributed by atoms with van der Waals surface area (Å²) in [4.78, 5) is 0. The van der Waals surface area contributed by atoms with Crippen LogP contribution in [-0.4, -0.2) is 25.4 Å². The largest absolute Gasteiger partial charge is 0.502 e. The fourth-order valence-corrected chi connectivity index (χ4v) is 1.40. The summed E-state index contributed by atoms with van der Waals surface area (Å²) in [5, 5.41) is 9.63. The predicted octanol–water partition coefficient (Wildman–Crippen LogP) is 1.50. The van der Waals surface area contributed by atoms with Crippen molar-refractivity contribution in [3.05, 3.63) is 16.6 Å². The highest BCUT2D eigenvalue weighted by molar-refractivity contribution is 9.10. The zero-order valence-electron chi connectivity index (χ0n) is 7.79. The number of benzene rings is 1. The Hall–Kier alpha value is -0.940. The Labute approximate surface area is 90.8 Å².